The van der Waals surface area contributed by atoms with E-state index in [1.807, 2.05) is 6.07 Å². The van der Waals surface area contributed by atoms with Gasteiger partial charge in [0.15, 0.2) is 0 Å². The van der Waals surface area contributed by atoms with Crippen molar-refractivity contribution < 1.29 is 9.53 Å². The number of aromatic nitrogens is 3. The molecule has 0 unspecified atom stereocenters. The lowest BCUT2D eigenvalue weighted by atomic mass is 9.87. The Bertz CT molecular complexity index is 1360. The van der Waals surface area contributed by atoms with Crippen LogP contribution >= 0.6 is 0 Å². The van der Waals surface area contributed by atoms with Crippen molar-refractivity contribution in [2.75, 3.05) is 32.8 Å². The summed E-state index contributed by atoms with van der Waals surface area (Å²) in [6, 6.07) is 9.20. The van der Waals surface area contributed by atoms with Gasteiger partial charge < -0.3 is 10.1 Å². The van der Waals surface area contributed by atoms with E-state index in [2.05, 4.69) is 33.2 Å². The molecule has 1 saturated carbocycles. The molecular weight excluding hydrogens is 468 g/mol. The average molecular weight is 501 g/mol. The molecule has 0 bridgehead atoms. The first-order valence-electron chi connectivity index (χ1n) is 13.0. The molecule has 5 rings (SSSR count). The van der Waals surface area contributed by atoms with E-state index in [4.69, 9.17) is 10.00 Å². The van der Waals surface area contributed by atoms with Crippen LogP contribution in [0.5, 0.6) is 0 Å². The van der Waals surface area contributed by atoms with Crippen molar-refractivity contribution in [1.82, 2.24) is 24.8 Å². The van der Waals surface area contributed by atoms with E-state index in [1.165, 1.54) is 6.20 Å². The summed E-state index contributed by atoms with van der Waals surface area (Å²) in [4.78, 5) is 38.2. The molecule has 37 heavy (non-hydrogen) atoms. The lowest BCUT2D eigenvalue weighted by Gasteiger charge is -2.27. The summed E-state index contributed by atoms with van der Waals surface area (Å²) < 4.78 is 7.07. The minimum Gasteiger partial charge on any atom is -0.379 e. The summed E-state index contributed by atoms with van der Waals surface area (Å²) in [6.07, 6.45) is 7.23. The molecule has 1 N–H and O–H groups in total. The lowest BCUT2D eigenvalue weighted by molar-refractivity contribution is 0.0364. The molecule has 0 atom stereocenters. The van der Waals surface area contributed by atoms with E-state index in [0.717, 1.165) is 44.3 Å². The van der Waals surface area contributed by atoms with Crippen LogP contribution < -0.4 is 10.9 Å². The number of carbonyl (C=O) groups is 1. The molecule has 0 aromatic carbocycles. The van der Waals surface area contributed by atoms with Crippen molar-refractivity contribution in [3.8, 4) is 17.3 Å². The Kier molecular flexibility index (Phi) is 7.58. The first-order valence-corrected chi connectivity index (χ1v) is 13.0. The maximum absolute atomic E-state index is 13.6. The number of morpholine rings is 1. The van der Waals surface area contributed by atoms with Crippen molar-refractivity contribution in [3.63, 3.8) is 0 Å². The monoisotopic (exact) mass is 500 g/mol. The zero-order valence-corrected chi connectivity index (χ0v) is 21.2. The van der Waals surface area contributed by atoms with Crippen LogP contribution in [0.1, 0.15) is 48.5 Å². The number of nitriles is 1. The number of ether oxygens (including phenoxy) is 1. The predicted octanol–water partition coefficient (Wildman–Crippen LogP) is 2.97. The van der Waals surface area contributed by atoms with Crippen LogP contribution in [0.15, 0.2) is 41.5 Å². The number of pyridine rings is 3. The molecule has 9 heteroatoms. The molecule has 3 aromatic rings. The number of hydrogen-bond donors (Lipinski definition) is 1. The number of rotatable bonds is 6. The molecule has 2 fully saturated rings. The number of nitrogens with zero attached hydrogens (tertiary/aromatic N) is 5. The first-order chi connectivity index (χ1) is 18.0. The van der Waals surface area contributed by atoms with Crippen LogP contribution in [-0.2, 0) is 11.3 Å². The highest BCUT2D eigenvalue weighted by atomic mass is 16.5. The van der Waals surface area contributed by atoms with Gasteiger partial charge in [-0.3, -0.25) is 24.0 Å². The predicted molar refractivity (Wildman–Crippen MR) is 140 cm³/mol. The normalized spacial score (nSPS) is 20.4. The molecule has 9 nitrogen and oxygen atoms in total. The van der Waals surface area contributed by atoms with Gasteiger partial charge in [0.2, 0.25) is 0 Å². The second-order valence-electron chi connectivity index (χ2n) is 10.1. The van der Waals surface area contributed by atoms with Crippen molar-refractivity contribution in [2.45, 2.75) is 45.2 Å². The van der Waals surface area contributed by atoms with E-state index >= 15 is 0 Å². The Morgan fingerprint density at radius 3 is 2.59 bits per heavy atom. The fourth-order valence-corrected chi connectivity index (χ4v) is 5.14. The van der Waals surface area contributed by atoms with E-state index in [9.17, 15) is 9.59 Å². The van der Waals surface area contributed by atoms with E-state index in [0.29, 0.717) is 54.5 Å². The summed E-state index contributed by atoms with van der Waals surface area (Å²) in [5.74, 6) is 0.347. The van der Waals surface area contributed by atoms with Crippen molar-refractivity contribution in [2.24, 2.45) is 5.92 Å². The number of carbonyl (C=O) groups excluding carboxylic acids is 1. The molecule has 0 radical (unpaired) electrons. The highest BCUT2D eigenvalue weighted by Crippen LogP contribution is 2.24. The van der Waals surface area contributed by atoms with Gasteiger partial charge in [-0.05, 0) is 55.9 Å². The van der Waals surface area contributed by atoms with Crippen LogP contribution in [0.2, 0.25) is 0 Å². The maximum atomic E-state index is 13.6. The zero-order valence-electron chi connectivity index (χ0n) is 21.2. The summed E-state index contributed by atoms with van der Waals surface area (Å²) in [6.45, 7) is 6.32. The topological polar surface area (TPSA) is 113 Å². The summed E-state index contributed by atoms with van der Waals surface area (Å²) >= 11 is 0. The third-order valence-corrected chi connectivity index (χ3v) is 7.45. The summed E-state index contributed by atoms with van der Waals surface area (Å²) in [5.41, 5.74) is 2.26. The van der Waals surface area contributed by atoms with Crippen LogP contribution in [0.3, 0.4) is 0 Å². The standard InChI is InChI=1S/C28H32N6O3/c1-19-2-5-23(6-3-19)32-27(35)24-15-21-14-22(25-7-4-20(16-29)17-30-25)18-31-26(21)34(28(24)36)9-8-33-10-12-37-13-11-33/h4,7,14-15,17-19,23H,2-3,5-6,8-13H2,1H3,(H,32,35). The van der Waals surface area contributed by atoms with Crippen LogP contribution in [0.25, 0.3) is 22.3 Å². The molecule has 4 heterocycles. The number of hydrogen-bond acceptors (Lipinski definition) is 7. The van der Waals surface area contributed by atoms with Gasteiger partial charge in [-0.15, -0.1) is 0 Å². The lowest BCUT2D eigenvalue weighted by Crippen LogP contribution is -2.42. The van der Waals surface area contributed by atoms with Gasteiger partial charge in [-0.1, -0.05) is 6.92 Å². The van der Waals surface area contributed by atoms with Crippen LogP contribution in [-0.4, -0.2) is 64.2 Å². The molecule has 2 aliphatic rings. The maximum Gasteiger partial charge on any atom is 0.265 e. The van der Waals surface area contributed by atoms with Crippen LogP contribution in [0.4, 0.5) is 0 Å². The Morgan fingerprint density at radius 1 is 1.11 bits per heavy atom. The highest BCUT2D eigenvalue weighted by Gasteiger charge is 2.23. The zero-order chi connectivity index (χ0) is 25.8. The van der Waals surface area contributed by atoms with Gasteiger partial charge in [0.1, 0.15) is 17.3 Å². The Hall–Kier alpha value is -3.61. The van der Waals surface area contributed by atoms with Crippen molar-refractivity contribution in [3.05, 3.63) is 58.1 Å². The second kappa shape index (κ2) is 11.2. The number of nitrogens with one attached hydrogen (secondary N) is 1. The van der Waals surface area contributed by atoms with Gasteiger partial charge in [-0.2, -0.15) is 5.26 Å². The fourth-order valence-electron chi connectivity index (χ4n) is 5.14. The molecule has 3 aromatic heterocycles. The molecule has 192 valence electrons. The molecule has 0 spiro atoms. The third kappa shape index (κ3) is 5.71. The molecule has 1 amide bonds. The van der Waals surface area contributed by atoms with Gasteiger partial charge >= 0.3 is 0 Å². The molecule has 1 saturated heterocycles. The van der Waals surface area contributed by atoms with Gasteiger partial charge in [-0.25, -0.2) is 4.98 Å². The van der Waals surface area contributed by atoms with E-state index < -0.39 is 0 Å². The third-order valence-electron chi connectivity index (χ3n) is 7.45. The Morgan fingerprint density at radius 2 is 1.89 bits per heavy atom. The number of fused-ring (bicyclic) bond motifs is 1. The van der Waals surface area contributed by atoms with E-state index in [-0.39, 0.29) is 23.1 Å². The summed E-state index contributed by atoms with van der Waals surface area (Å²) in [5, 5.41) is 12.9. The smallest absolute Gasteiger partial charge is 0.265 e. The van der Waals surface area contributed by atoms with Crippen LogP contribution in [0, 0.1) is 17.2 Å². The molecule has 1 aliphatic heterocycles. The Labute approximate surface area is 216 Å². The van der Waals surface area contributed by atoms with Gasteiger partial charge in [0.05, 0.1) is 24.5 Å². The summed E-state index contributed by atoms with van der Waals surface area (Å²) in [7, 11) is 0. The fraction of sp³-hybridized carbons (Fsp3) is 0.464. The van der Waals surface area contributed by atoms with Gasteiger partial charge in [0.25, 0.3) is 11.5 Å². The quantitative estimate of drug-likeness (QED) is 0.554. The molecular formula is C28H32N6O3. The minimum absolute atomic E-state index is 0.0907. The number of amides is 1. The largest absolute Gasteiger partial charge is 0.379 e. The minimum atomic E-state index is -0.325. The van der Waals surface area contributed by atoms with Gasteiger partial charge in [0, 0.05) is 55.6 Å². The SMILES string of the molecule is CC1CCC(NC(=O)c2cc3cc(-c4ccc(C#N)cn4)cnc3n(CCN3CCOCC3)c2=O)CC1. The Balaban J connectivity index is 1.50. The van der Waals surface area contributed by atoms with Crippen molar-refractivity contribution in [1.29, 1.82) is 5.26 Å². The highest BCUT2D eigenvalue weighted by molar-refractivity contribution is 5.97. The first kappa shape index (κ1) is 25.1. The second-order valence-corrected chi connectivity index (χ2v) is 10.1. The molecule has 1 aliphatic carbocycles. The average Bonchev–Trinajstić information content (AvgIpc) is 2.94. The van der Waals surface area contributed by atoms with Crippen molar-refractivity contribution >= 4 is 16.9 Å². The van der Waals surface area contributed by atoms with E-state index in [1.54, 1.807) is 29.0 Å².